The summed E-state index contributed by atoms with van der Waals surface area (Å²) in [6.45, 7) is 1.87. The van der Waals surface area contributed by atoms with Crippen LogP contribution in [0.25, 0.3) is 6.08 Å². The zero-order valence-electron chi connectivity index (χ0n) is 13.2. The van der Waals surface area contributed by atoms with E-state index in [1.165, 1.54) is 7.11 Å². The molecule has 7 nitrogen and oxygen atoms in total. The monoisotopic (exact) mass is 369 g/mol. The molecule has 0 atom stereocenters. The van der Waals surface area contributed by atoms with Gasteiger partial charge in [-0.2, -0.15) is 0 Å². The molecular formula is C15H15NO6S2. The molecule has 0 bridgehead atoms. The molecule has 128 valence electrons. The fourth-order valence-corrected chi connectivity index (χ4v) is 3.77. The van der Waals surface area contributed by atoms with Crippen LogP contribution in [0.3, 0.4) is 0 Å². The minimum atomic E-state index is -3.57. The van der Waals surface area contributed by atoms with E-state index in [4.69, 9.17) is 9.47 Å². The maximum atomic E-state index is 11.6. The number of methoxy groups -OCH3 is 1. The fraction of sp³-hybridized carbons (Fsp3) is 0.200. The summed E-state index contributed by atoms with van der Waals surface area (Å²) in [6.07, 6.45) is 4.71. The second-order valence-electron chi connectivity index (χ2n) is 4.78. The maximum Gasteiger partial charge on any atom is 0.324 e. The van der Waals surface area contributed by atoms with Crippen molar-refractivity contribution < 1.29 is 22.8 Å². The number of sulfone groups is 1. The Kier molecular flexibility index (Phi) is 5.25. The third-order valence-corrected chi connectivity index (χ3v) is 5.77. The van der Waals surface area contributed by atoms with Gasteiger partial charge in [0, 0.05) is 12.3 Å². The average molecular weight is 369 g/mol. The van der Waals surface area contributed by atoms with E-state index >= 15 is 0 Å². The Morgan fingerprint density at radius 3 is 2.50 bits per heavy atom. The second kappa shape index (κ2) is 7.02. The van der Waals surface area contributed by atoms with Crippen molar-refractivity contribution in [2.45, 2.75) is 11.1 Å². The van der Waals surface area contributed by atoms with Crippen molar-refractivity contribution in [3.8, 4) is 16.6 Å². The highest BCUT2D eigenvalue weighted by molar-refractivity contribution is 7.92. The first-order valence-corrected chi connectivity index (χ1v) is 9.44. The fourth-order valence-electron chi connectivity index (χ4n) is 1.89. The van der Waals surface area contributed by atoms with Gasteiger partial charge in [0.15, 0.2) is 21.3 Å². The number of benzene rings is 1. The number of ether oxygens (including phenoxy) is 2. The van der Waals surface area contributed by atoms with E-state index in [1.54, 1.807) is 18.2 Å². The van der Waals surface area contributed by atoms with Gasteiger partial charge in [0.2, 0.25) is 0 Å². The van der Waals surface area contributed by atoms with E-state index in [1.807, 2.05) is 19.1 Å². The Morgan fingerprint density at radius 2 is 1.96 bits per heavy atom. The summed E-state index contributed by atoms with van der Waals surface area (Å²) in [7, 11) is -2.12. The van der Waals surface area contributed by atoms with Crippen LogP contribution in [-0.4, -0.2) is 26.7 Å². The molecule has 0 unspecified atom stereocenters. The molecular weight excluding hydrogens is 354 g/mol. The third-order valence-electron chi connectivity index (χ3n) is 2.97. The Labute approximate surface area is 143 Å². The predicted molar refractivity (Wildman–Crippen MR) is 91.9 cm³/mol. The van der Waals surface area contributed by atoms with Crippen LogP contribution in [0.4, 0.5) is 5.69 Å². The van der Waals surface area contributed by atoms with E-state index in [0.29, 0.717) is 17.1 Å². The molecule has 2 aromatic rings. The lowest BCUT2D eigenvalue weighted by atomic mass is 10.2. The summed E-state index contributed by atoms with van der Waals surface area (Å²) in [5.41, 5.74) is 0.471. The summed E-state index contributed by atoms with van der Waals surface area (Å²) < 4.78 is 33.9. The molecule has 0 fully saturated rings. The first kappa shape index (κ1) is 18.0. The molecule has 1 aromatic carbocycles. The van der Waals surface area contributed by atoms with Gasteiger partial charge in [0.25, 0.3) is 5.06 Å². The number of nitrogens with zero attached hydrogens (tertiary/aromatic N) is 1. The lowest BCUT2D eigenvalue weighted by Crippen LogP contribution is -1.93. The maximum absolute atomic E-state index is 11.6. The largest absolute Gasteiger partial charge is 0.493 e. The zero-order valence-corrected chi connectivity index (χ0v) is 14.8. The zero-order chi connectivity index (χ0) is 17.9. The van der Waals surface area contributed by atoms with Gasteiger partial charge >= 0.3 is 5.69 Å². The van der Waals surface area contributed by atoms with Crippen molar-refractivity contribution in [2.24, 2.45) is 0 Å². The van der Waals surface area contributed by atoms with Gasteiger partial charge in [-0.1, -0.05) is 29.6 Å². The van der Waals surface area contributed by atoms with Crippen LogP contribution in [0.15, 0.2) is 34.6 Å². The van der Waals surface area contributed by atoms with Crippen molar-refractivity contribution in [1.29, 1.82) is 0 Å². The van der Waals surface area contributed by atoms with Gasteiger partial charge in [0.1, 0.15) is 4.21 Å². The van der Waals surface area contributed by atoms with Crippen LogP contribution in [0.5, 0.6) is 16.6 Å². The number of rotatable bonds is 6. The molecule has 0 aliphatic rings. The van der Waals surface area contributed by atoms with Crippen molar-refractivity contribution in [2.75, 3.05) is 13.4 Å². The highest BCUT2D eigenvalue weighted by Gasteiger charge is 2.26. The molecule has 0 saturated carbocycles. The molecule has 0 N–H and O–H groups in total. The molecule has 0 saturated heterocycles. The van der Waals surface area contributed by atoms with Gasteiger partial charge in [0.05, 0.1) is 12.0 Å². The number of thiophene rings is 1. The molecule has 9 heteroatoms. The van der Waals surface area contributed by atoms with Gasteiger partial charge in [-0.15, -0.1) is 0 Å². The lowest BCUT2D eigenvalue weighted by molar-refractivity contribution is -0.385. The predicted octanol–water partition coefficient (Wildman–Crippen LogP) is 3.89. The van der Waals surface area contributed by atoms with Gasteiger partial charge < -0.3 is 9.47 Å². The van der Waals surface area contributed by atoms with Crippen molar-refractivity contribution in [3.63, 3.8) is 0 Å². The Bertz CT molecular complexity index is 899. The molecule has 0 spiro atoms. The summed E-state index contributed by atoms with van der Waals surface area (Å²) in [5, 5.41) is 11.0. The highest BCUT2D eigenvalue weighted by Crippen LogP contribution is 2.43. The van der Waals surface area contributed by atoms with Crippen LogP contribution >= 0.6 is 11.3 Å². The van der Waals surface area contributed by atoms with E-state index in [9.17, 15) is 18.5 Å². The van der Waals surface area contributed by atoms with Crippen LogP contribution in [-0.2, 0) is 9.84 Å². The SMILES string of the molecule is C/C=C/c1ccc(Oc2sc(S(C)(=O)=O)cc2[N+](=O)[O-])c(OC)c1. The van der Waals surface area contributed by atoms with Crippen molar-refractivity contribution >= 4 is 32.9 Å². The minimum absolute atomic E-state index is 0.113. The topological polar surface area (TPSA) is 95.7 Å². The molecule has 0 radical (unpaired) electrons. The molecule has 0 aliphatic carbocycles. The lowest BCUT2D eigenvalue weighted by Gasteiger charge is -2.09. The number of hydrogen-bond donors (Lipinski definition) is 0. The van der Waals surface area contributed by atoms with Gasteiger partial charge in [-0.05, 0) is 24.6 Å². The summed E-state index contributed by atoms with van der Waals surface area (Å²) >= 11 is 0.702. The standard InChI is InChI=1S/C15H15NO6S2/c1-4-5-10-6-7-12(13(8-10)21-2)22-15-11(16(17)18)9-14(23-15)24(3,19)20/h4-9H,1-3H3/b5-4+. The average Bonchev–Trinajstić information content (AvgIpc) is 2.93. The number of hydrogen-bond acceptors (Lipinski definition) is 7. The highest BCUT2D eigenvalue weighted by atomic mass is 32.2. The van der Waals surface area contributed by atoms with Crippen LogP contribution in [0.2, 0.25) is 0 Å². The Balaban J connectivity index is 2.47. The van der Waals surface area contributed by atoms with Crippen LogP contribution in [0, 0.1) is 10.1 Å². The normalized spacial score (nSPS) is 11.6. The number of nitro groups is 1. The first-order valence-electron chi connectivity index (χ1n) is 6.73. The molecule has 1 aromatic heterocycles. The Morgan fingerprint density at radius 1 is 1.25 bits per heavy atom. The molecule has 0 amide bonds. The molecule has 24 heavy (non-hydrogen) atoms. The molecule has 2 rings (SSSR count). The summed E-state index contributed by atoms with van der Waals surface area (Å²) in [5.74, 6) is 0.643. The first-order chi connectivity index (χ1) is 11.3. The Hall–Kier alpha value is -2.39. The van der Waals surface area contributed by atoms with Crippen molar-refractivity contribution in [1.82, 2.24) is 0 Å². The number of allylic oxidation sites excluding steroid dienone is 1. The van der Waals surface area contributed by atoms with E-state index < -0.39 is 20.4 Å². The van der Waals surface area contributed by atoms with Crippen molar-refractivity contribution in [3.05, 3.63) is 46.0 Å². The molecule has 0 aliphatic heterocycles. The summed E-state index contributed by atoms with van der Waals surface area (Å²) in [4.78, 5) is 10.5. The van der Waals surface area contributed by atoms with Crippen LogP contribution in [0.1, 0.15) is 12.5 Å². The summed E-state index contributed by atoms with van der Waals surface area (Å²) in [6, 6.07) is 6.08. The third kappa shape index (κ3) is 3.92. The van der Waals surface area contributed by atoms with E-state index in [0.717, 1.165) is 17.9 Å². The van der Waals surface area contributed by atoms with E-state index in [2.05, 4.69) is 0 Å². The van der Waals surface area contributed by atoms with E-state index in [-0.39, 0.29) is 15.0 Å². The van der Waals surface area contributed by atoms with Crippen LogP contribution < -0.4 is 9.47 Å². The quantitative estimate of drug-likeness (QED) is 0.566. The smallest absolute Gasteiger partial charge is 0.324 e. The second-order valence-corrected chi connectivity index (χ2v) is 8.04. The van der Waals surface area contributed by atoms with Gasteiger partial charge in [-0.3, -0.25) is 10.1 Å². The molecule has 1 heterocycles. The van der Waals surface area contributed by atoms with Gasteiger partial charge in [-0.25, -0.2) is 8.42 Å². The minimum Gasteiger partial charge on any atom is -0.493 e.